The molecule has 0 spiro atoms. The van der Waals surface area contributed by atoms with Crippen molar-refractivity contribution in [3.05, 3.63) is 71.4 Å². The first-order chi connectivity index (χ1) is 15.1. The van der Waals surface area contributed by atoms with E-state index >= 15 is 0 Å². The number of benzene rings is 2. The van der Waals surface area contributed by atoms with Crippen LogP contribution in [0.4, 0.5) is 5.13 Å². The Labute approximate surface area is 188 Å². The van der Waals surface area contributed by atoms with E-state index in [0.717, 1.165) is 28.0 Å². The molecule has 2 aromatic heterocycles. The molecule has 0 saturated carbocycles. The van der Waals surface area contributed by atoms with Gasteiger partial charge in [0.2, 0.25) is 0 Å². The van der Waals surface area contributed by atoms with E-state index in [4.69, 9.17) is 4.74 Å². The highest BCUT2D eigenvalue weighted by molar-refractivity contribution is 7.99. The molecule has 2 heterocycles. The van der Waals surface area contributed by atoms with Gasteiger partial charge in [-0.2, -0.15) is 0 Å². The minimum Gasteiger partial charge on any atom is -0.497 e. The maximum Gasteiger partial charge on any atom is 0.191 e. The van der Waals surface area contributed by atoms with Crippen LogP contribution in [0.15, 0.2) is 65.1 Å². The summed E-state index contributed by atoms with van der Waals surface area (Å²) in [5, 5.41) is 15.3. The van der Waals surface area contributed by atoms with E-state index in [0.29, 0.717) is 23.0 Å². The number of nitrogens with one attached hydrogen (secondary N) is 1. The summed E-state index contributed by atoms with van der Waals surface area (Å²) in [6.45, 7) is 0.498. The molecule has 0 amide bonds. The lowest BCUT2D eigenvalue weighted by molar-refractivity contribution is 0.102. The molecule has 158 valence electrons. The van der Waals surface area contributed by atoms with Gasteiger partial charge >= 0.3 is 0 Å². The molecule has 0 aliphatic carbocycles. The molecule has 2 aromatic carbocycles. The van der Waals surface area contributed by atoms with Crippen LogP contribution in [0.3, 0.4) is 0 Å². The minimum atomic E-state index is 0.0338. The SMILES string of the molecule is COc1ccc(C(=O)CSc2nnc(CNc3nc(-c4ccccc4)cs3)n2C)cc1. The number of thioether (sulfide) groups is 1. The largest absolute Gasteiger partial charge is 0.497 e. The number of carbonyl (C=O) groups excluding carboxylic acids is 1. The van der Waals surface area contributed by atoms with E-state index in [2.05, 4.69) is 20.5 Å². The van der Waals surface area contributed by atoms with Gasteiger partial charge in [0.1, 0.15) is 5.75 Å². The topological polar surface area (TPSA) is 81.9 Å². The van der Waals surface area contributed by atoms with E-state index < -0.39 is 0 Å². The van der Waals surface area contributed by atoms with Crippen LogP contribution >= 0.6 is 23.1 Å². The Morgan fingerprint density at radius 1 is 1.13 bits per heavy atom. The van der Waals surface area contributed by atoms with Crippen molar-refractivity contribution in [3.8, 4) is 17.0 Å². The summed E-state index contributed by atoms with van der Waals surface area (Å²) in [7, 11) is 3.50. The molecule has 9 heteroatoms. The molecule has 31 heavy (non-hydrogen) atoms. The first-order valence-corrected chi connectivity index (χ1v) is 11.4. The molecule has 0 aliphatic heterocycles. The molecule has 4 rings (SSSR count). The molecule has 1 N–H and O–H groups in total. The number of hydrogen-bond acceptors (Lipinski definition) is 8. The number of ketones is 1. The third-order valence-corrected chi connectivity index (χ3v) is 6.46. The van der Waals surface area contributed by atoms with Crippen LogP contribution in [0, 0.1) is 0 Å². The molecule has 0 fully saturated rings. The summed E-state index contributed by atoms with van der Waals surface area (Å²) in [4.78, 5) is 17.1. The van der Waals surface area contributed by atoms with Crippen LogP contribution in [-0.2, 0) is 13.6 Å². The first-order valence-electron chi connectivity index (χ1n) is 9.57. The van der Waals surface area contributed by atoms with Crippen LogP contribution in [0.25, 0.3) is 11.3 Å². The number of rotatable bonds is 9. The van der Waals surface area contributed by atoms with Gasteiger partial charge in [0, 0.05) is 23.6 Å². The van der Waals surface area contributed by atoms with Crippen LogP contribution < -0.4 is 10.1 Å². The second-order valence-electron chi connectivity index (χ2n) is 6.66. The van der Waals surface area contributed by atoms with Crippen LogP contribution in [-0.4, -0.2) is 38.4 Å². The van der Waals surface area contributed by atoms with E-state index in [1.54, 1.807) is 42.7 Å². The van der Waals surface area contributed by atoms with Gasteiger partial charge in [0.05, 0.1) is 25.1 Å². The predicted molar refractivity (Wildman–Crippen MR) is 124 cm³/mol. The number of hydrogen-bond donors (Lipinski definition) is 1. The highest BCUT2D eigenvalue weighted by Crippen LogP contribution is 2.25. The quantitative estimate of drug-likeness (QED) is 0.296. The summed E-state index contributed by atoms with van der Waals surface area (Å²) in [6, 6.07) is 17.2. The summed E-state index contributed by atoms with van der Waals surface area (Å²) in [5.41, 5.74) is 2.68. The van der Waals surface area contributed by atoms with Crippen molar-refractivity contribution in [3.63, 3.8) is 0 Å². The zero-order valence-corrected chi connectivity index (χ0v) is 18.7. The van der Waals surface area contributed by atoms with E-state index in [1.807, 2.05) is 47.3 Å². The van der Waals surface area contributed by atoms with Gasteiger partial charge in [0.25, 0.3) is 0 Å². The van der Waals surface area contributed by atoms with Crippen molar-refractivity contribution in [2.75, 3.05) is 18.2 Å². The van der Waals surface area contributed by atoms with Crippen molar-refractivity contribution >= 4 is 34.0 Å². The van der Waals surface area contributed by atoms with E-state index in [1.165, 1.54) is 11.8 Å². The van der Waals surface area contributed by atoms with Gasteiger partial charge in [-0.15, -0.1) is 21.5 Å². The van der Waals surface area contributed by atoms with Crippen molar-refractivity contribution in [1.29, 1.82) is 0 Å². The zero-order valence-electron chi connectivity index (χ0n) is 17.1. The standard InChI is InChI=1S/C22H21N5O2S2/c1-27-20(12-23-21-24-18(13-30-21)15-6-4-3-5-7-15)25-26-22(27)31-14-19(28)16-8-10-17(29-2)11-9-16/h3-11,13H,12,14H2,1-2H3,(H,23,24). The van der Waals surface area contributed by atoms with E-state index in [-0.39, 0.29) is 5.78 Å². The van der Waals surface area contributed by atoms with Crippen LogP contribution in [0.5, 0.6) is 5.75 Å². The van der Waals surface area contributed by atoms with Gasteiger partial charge < -0.3 is 14.6 Å². The van der Waals surface area contributed by atoms with Crippen molar-refractivity contribution in [2.24, 2.45) is 7.05 Å². The molecule has 0 radical (unpaired) electrons. The number of anilines is 1. The third kappa shape index (κ3) is 5.12. The average Bonchev–Trinajstić information content (AvgIpc) is 3.43. The highest BCUT2D eigenvalue weighted by atomic mass is 32.2. The molecule has 4 aromatic rings. The average molecular weight is 452 g/mol. The minimum absolute atomic E-state index is 0.0338. The summed E-state index contributed by atoms with van der Waals surface area (Å²) < 4.78 is 7.02. The number of Topliss-reactive ketones (excluding diaryl/α,β-unsaturated/α-hetero) is 1. The van der Waals surface area contributed by atoms with Crippen molar-refractivity contribution in [2.45, 2.75) is 11.7 Å². The number of aromatic nitrogens is 4. The lowest BCUT2D eigenvalue weighted by Gasteiger charge is -2.05. The fourth-order valence-corrected chi connectivity index (χ4v) is 4.41. The van der Waals surface area contributed by atoms with Gasteiger partial charge in [-0.05, 0) is 24.3 Å². The molecule has 7 nitrogen and oxygen atoms in total. The third-order valence-electron chi connectivity index (χ3n) is 4.64. The Hall–Kier alpha value is -3.17. The Morgan fingerprint density at radius 2 is 1.90 bits per heavy atom. The Balaban J connectivity index is 1.33. The zero-order chi connectivity index (χ0) is 21.6. The maximum absolute atomic E-state index is 12.4. The predicted octanol–water partition coefficient (Wildman–Crippen LogP) is 4.53. The van der Waals surface area contributed by atoms with Gasteiger partial charge in [-0.1, -0.05) is 42.1 Å². The lowest BCUT2D eigenvalue weighted by atomic mass is 10.1. The van der Waals surface area contributed by atoms with Gasteiger partial charge in [0.15, 0.2) is 21.9 Å². The molecule has 0 unspecified atom stereocenters. The number of carbonyl (C=O) groups is 1. The van der Waals surface area contributed by atoms with E-state index in [9.17, 15) is 4.79 Å². The Kier molecular flexibility index (Phi) is 6.63. The fourth-order valence-electron chi connectivity index (χ4n) is 2.87. The normalized spacial score (nSPS) is 10.8. The van der Waals surface area contributed by atoms with Gasteiger partial charge in [-0.25, -0.2) is 4.98 Å². The number of thiazole rings is 1. The summed E-state index contributed by atoms with van der Waals surface area (Å²) >= 11 is 2.92. The van der Waals surface area contributed by atoms with Crippen molar-refractivity contribution < 1.29 is 9.53 Å². The second kappa shape index (κ2) is 9.76. The monoisotopic (exact) mass is 451 g/mol. The molecular formula is C22H21N5O2S2. The second-order valence-corrected chi connectivity index (χ2v) is 8.46. The fraction of sp³-hybridized carbons (Fsp3) is 0.182. The molecule has 0 atom stereocenters. The van der Waals surface area contributed by atoms with Crippen LogP contribution in [0.1, 0.15) is 16.2 Å². The summed E-state index contributed by atoms with van der Waals surface area (Å²) in [6.07, 6.45) is 0. The molecule has 0 bridgehead atoms. The summed E-state index contributed by atoms with van der Waals surface area (Å²) in [5.74, 6) is 1.83. The number of methoxy groups -OCH3 is 1. The lowest BCUT2D eigenvalue weighted by Crippen LogP contribution is -2.07. The van der Waals surface area contributed by atoms with Gasteiger partial charge in [-0.3, -0.25) is 4.79 Å². The smallest absolute Gasteiger partial charge is 0.191 e. The van der Waals surface area contributed by atoms with Crippen molar-refractivity contribution in [1.82, 2.24) is 19.7 Å². The number of nitrogens with zero attached hydrogens (tertiary/aromatic N) is 4. The molecule has 0 saturated heterocycles. The molecular weight excluding hydrogens is 430 g/mol. The Bertz CT molecular complexity index is 1160. The Morgan fingerprint density at radius 3 is 2.65 bits per heavy atom. The number of ether oxygens (including phenoxy) is 1. The first kappa shape index (κ1) is 21.1. The highest BCUT2D eigenvalue weighted by Gasteiger charge is 2.13. The maximum atomic E-state index is 12.4. The molecule has 0 aliphatic rings. The van der Waals surface area contributed by atoms with Crippen LogP contribution in [0.2, 0.25) is 0 Å².